The van der Waals surface area contributed by atoms with Crippen LogP contribution in [0.25, 0.3) is 0 Å². The number of carbonyl (C=O) groups excluding carboxylic acids is 1. The van der Waals surface area contributed by atoms with Crippen molar-refractivity contribution in [3.63, 3.8) is 0 Å². The van der Waals surface area contributed by atoms with E-state index in [1.54, 1.807) is 0 Å². The predicted octanol–water partition coefficient (Wildman–Crippen LogP) is 3.10. The molecule has 3 rings (SSSR count). The summed E-state index contributed by atoms with van der Waals surface area (Å²) in [7, 11) is 0. The fourth-order valence-corrected chi connectivity index (χ4v) is 5.60. The molecule has 164 valence electrons. The van der Waals surface area contributed by atoms with Crippen molar-refractivity contribution in [1.29, 1.82) is 0 Å². The van der Waals surface area contributed by atoms with Crippen molar-refractivity contribution in [2.75, 3.05) is 13.2 Å². The van der Waals surface area contributed by atoms with Crippen LogP contribution in [-0.4, -0.2) is 46.6 Å². The van der Waals surface area contributed by atoms with Crippen molar-refractivity contribution in [3.8, 4) is 0 Å². The Balaban J connectivity index is 1.42. The Kier molecular flexibility index (Phi) is 8.76. The lowest BCUT2D eigenvalue weighted by Crippen LogP contribution is -2.24. The Morgan fingerprint density at radius 3 is 2.76 bits per heavy atom. The fourth-order valence-electron chi connectivity index (χ4n) is 5.60. The summed E-state index contributed by atoms with van der Waals surface area (Å²) < 4.78 is 0. The van der Waals surface area contributed by atoms with Gasteiger partial charge in [-0.15, -0.1) is 0 Å². The molecular weight excluding hydrogens is 366 g/mol. The van der Waals surface area contributed by atoms with Gasteiger partial charge in [0.2, 0.25) is 5.91 Å². The highest BCUT2D eigenvalue weighted by molar-refractivity contribution is 5.75. The van der Waals surface area contributed by atoms with Crippen LogP contribution in [0.3, 0.4) is 0 Å². The molecule has 0 spiro atoms. The Morgan fingerprint density at radius 1 is 1.21 bits per heavy atom. The average Bonchev–Trinajstić information content (AvgIpc) is 3.41. The molecule has 3 saturated carbocycles. The van der Waals surface area contributed by atoms with Crippen molar-refractivity contribution < 1.29 is 20.1 Å². The molecule has 0 bridgehead atoms. The first-order chi connectivity index (χ1) is 14.1. The zero-order valence-electron chi connectivity index (χ0n) is 17.6. The van der Waals surface area contributed by atoms with Gasteiger partial charge in [0.15, 0.2) is 0 Å². The maximum Gasteiger partial charge on any atom is 0.220 e. The number of unbranched alkanes of at least 4 members (excludes halogenated alkanes) is 1. The minimum absolute atomic E-state index is 0.0642. The number of allylic oxidation sites excluding steroid dienone is 2. The third-order valence-electron chi connectivity index (χ3n) is 7.22. The first kappa shape index (κ1) is 22.5. The highest BCUT2D eigenvalue weighted by atomic mass is 16.3. The van der Waals surface area contributed by atoms with E-state index in [1.165, 1.54) is 18.4 Å². The van der Waals surface area contributed by atoms with E-state index in [-0.39, 0.29) is 30.6 Å². The van der Waals surface area contributed by atoms with Gasteiger partial charge in [-0.1, -0.05) is 36.6 Å². The van der Waals surface area contributed by atoms with Gasteiger partial charge in [0, 0.05) is 25.5 Å². The van der Waals surface area contributed by atoms with E-state index in [1.807, 2.05) is 6.08 Å². The van der Waals surface area contributed by atoms with Crippen molar-refractivity contribution in [1.82, 2.24) is 5.32 Å². The maximum absolute atomic E-state index is 11.7. The van der Waals surface area contributed by atoms with Crippen molar-refractivity contribution >= 4 is 5.91 Å². The molecule has 0 heterocycles. The van der Waals surface area contributed by atoms with Gasteiger partial charge < -0.3 is 20.6 Å². The molecular formula is C24H39NO4. The van der Waals surface area contributed by atoms with Gasteiger partial charge in [-0.05, 0) is 69.1 Å². The highest BCUT2D eigenvalue weighted by Crippen LogP contribution is 2.50. The number of aliphatic hydroxyl groups excluding tert-OH is 3. The first-order valence-electron chi connectivity index (χ1n) is 11.7. The molecule has 5 heteroatoms. The zero-order chi connectivity index (χ0) is 20.6. The second kappa shape index (κ2) is 11.3. The Labute approximate surface area is 175 Å². The predicted molar refractivity (Wildman–Crippen MR) is 114 cm³/mol. The quantitative estimate of drug-likeness (QED) is 0.332. The molecule has 29 heavy (non-hydrogen) atoms. The van der Waals surface area contributed by atoms with Gasteiger partial charge in [-0.3, -0.25) is 4.79 Å². The Morgan fingerprint density at radius 2 is 2.00 bits per heavy atom. The number of fused-ring (bicyclic) bond motifs is 1. The zero-order valence-corrected chi connectivity index (χ0v) is 17.6. The summed E-state index contributed by atoms with van der Waals surface area (Å²) >= 11 is 0. The number of rotatable bonds is 10. The monoisotopic (exact) mass is 405 g/mol. The summed E-state index contributed by atoms with van der Waals surface area (Å²) in [5, 5.41) is 32.5. The number of hydrogen-bond acceptors (Lipinski definition) is 4. The van der Waals surface area contributed by atoms with Crippen LogP contribution in [0.5, 0.6) is 0 Å². The van der Waals surface area contributed by atoms with Gasteiger partial charge >= 0.3 is 0 Å². The van der Waals surface area contributed by atoms with E-state index in [9.17, 15) is 15.0 Å². The summed E-state index contributed by atoms with van der Waals surface area (Å²) in [6.45, 7) is 0.658. The van der Waals surface area contributed by atoms with Crippen LogP contribution in [-0.2, 0) is 4.79 Å². The van der Waals surface area contributed by atoms with Crippen LogP contribution in [0, 0.1) is 23.7 Å². The minimum Gasteiger partial charge on any atom is -0.396 e. The molecule has 1 amide bonds. The second-order valence-corrected chi connectivity index (χ2v) is 9.31. The largest absolute Gasteiger partial charge is 0.396 e. The van der Waals surface area contributed by atoms with Gasteiger partial charge in [0.1, 0.15) is 0 Å². The average molecular weight is 406 g/mol. The van der Waals surface area contributed by atoms with Crippen LogP contribution in [0.1, 0.15) is 70.6 Å². The molecule has 5 atom stereocenters. The van der Waals surface area contributed by atoms with Gasteiger partial charge in [-0.25, -0.2) is 0 Å². The first-order valence-corrected chi connectivity index (χ1v) is 11.7. The van der Waals surface area contributed by atoms with E-state index < -0.39 is 0 Å². The Bertz CT molecular complexity index is 581. The van der Waals surface area contributed by atoms with Crippen LogP contribution in [0.15, 0.2) is 23.8 Å². The highest BCUT2D eigenvalue weighted by Gasteiger charge is 2.45. The third kappa shape index (κ3) is 6.40. The molecule has 0 aromatic rings. The molecule has 3 aliphatic rings. The molecule has 0 saturated heterocycles. The molecule has 0 aromatic carbocycles. The minimum atomic E-state index is -0.358. The van der Waals surface area contributed by atoms with E-state index in [4.69, 9.17) is 5.11 Å². The molecule has 0 aromatic heterocycles. The van der Waals surface area contributed by atoms with Crippen LogP contribution < -0.4 is 5.32 Å². The lowest BCUT2D eigenvalue weighted by molar-refractivity contribution is -0.121. The fraction of sp³-hybridized carbons (Fsp3) is 0.792. The summed E-state index contributed by atoms with van der Waals surface area (Å²) in [4.78, 5) is 11.7. The van der Waals surface area contributed by atoms with E-state index in [0.717, 1.165) is 44.9 Å². The van der Waals surface area contributed by atoms with Gasteiger partial charge in [-0.2, -0.15) is 0 Å². The topological polar surface area (TPSA) is 89.8 Å². The van der Waals surface area contributed by atoms with Crippen molar-refractivity contribution in [3.05, 3.63) is 23.8 Å². The van der Waals surface area contributed by atoms with Gasteiger partial charge in [0.05, 0.1) is 12.2 Å². The Hall–Kier alpha value is -1.17. The molecule has 0 radical (unpaired) electrons. The smallest absolute Gasteiger partial charge is 0.220 e. The molecule has 0 unspecified atom stereocenters. The van der Waals surface area contributed by atoms with E-state index >= 15 is 0 Å². The molecule has 3 fully saturated rings. The molecule has 5 nitrogen and oxygen atoms in total. The molecule has 0 aliphatic heterocycles. The standard InChI is InChI=1S/C24H39NO4/c26-13-5-12-25-24(29)9-4-1-6-17-14-19-16-23(28)20(21(19)15-17)10-11-22(27)18-7-2-3-8-18/h6,10-11,18-23,26-28H,1-5,7-9,12-16H2,(H,25,29)/t19-,20+,21-,22+,23+/m0/s1. The summed E-state index contributed by atoms with van der Waals surface area (Å²) in [5.41, 5.74) is 1.47. The lowest BCUT2D eigenvalue weighted by Gasteiger charge is -2.19. The van der Waals surface area contributed by atoms with Crippen LogP contribution in [0.4, 0.5) is 0 Å². The summed E-state index contributed by atoms with van der Waals surface area (Å²) in [6, 6.07) is 0. The normalized spacial score (nSPS) is 32.3. The maximum atomic E-state index is 11.7. The lowest BCUT2D eigenvalue weighted by atomic mass is 9.89. The number of amides is 1. The van der Waals surface area contributed by atoms with Crippen molar-refractivity contribution in [2.24, 2.45) is 23.7 Å². The van der Waals surface area contributed by atoms with E-state index in [2.05, 4.69) is 17.5 Å². The summed E-state index contributed by atoms with van der Waals surface area (Å²) in [5.74, 6) is 1.68. The molecule has 4 N–H and O–H groups in total. The number of nitrogens with one attached hydrogen (secondary N) is 1. The second-order valence-electron chi connectivity index (χ2n) is 9.31. The number of carbonyl (C=O) groups is 1. The number of hydrogen-bond donors (Lipinski definition) is 4. The molecule has 3 aliphatic carbocycles. The van der Waals surface area contributed by atoms with Crippen LogP contribution in [0.2, 0.25) is 0 Å². The third-order valence-corrected chi connectivity index (χ3v) is 7.22. The SMILES string of the molecule is O=C(CCCC=C1C[C@H]2C[C@@H](O)[C@H](C=C[C@@H](O)C3CCCC3)[C@H]2C1)NCCCO. The number of aliphatic hydroxyl groups is 3. The van der Waals surface area contributed by atoms with E-state index in [0.29, 0.717) is 37.1 Å². The summed E-state index contributed by atoms with van der Waals surface area (Å²) in [6.07, 6.45) is 16.3. The van der Waals surface area contributed by atoms with Crippen molar-refractivity contribution in [2.45, 2.75) is 82.8 Å². The van der Waals surface area contributed by atoms with Crippen LogP contribution >= 0.6 is 0 Å². The van der Waals surface area contributed by atoms with Gasteiger partial charge in [0.25, 0.3) is 0 Å².